The van der Waals surface area contributed by atoms with E-state index in [0.29, 0.717) is 12.6 Å². The van der Waals surface area contributed by atoms with Crippen molar-refractivity contribution in [3.8, 4) is 0 Å². The average Bonchev–Trinajstić information content (AvgIpc) is 2.95. The van der Waals surface area contributed by atoms with Crippen LogP contribution in [0.3, 0.4) is 0 Å². The summed E-state index contributed by atoms with van der Waals surface area (Å²) in [5, 5.41) is 2.16. The molecule has 0 radical (unpaired) electrons. The lowest BCUT2D eigenvalue weighted by molar-refractivity contribution is 0.186. The molecule has 1 fully saturated rings. The minimum absolute atomic E-state index is 0.383. The maximum atomic E-state index is 6.08. The largest absolute Gasteiger partial charge is 0.329 e. The van der Waals surface area contributed by atoms with Crippen molar-refractivity contribution < 1.29 is 0 Å². The van der Waals surface area contributed by atoms with Crippen LogP contribution in [-0.4, -0.2) is 17.5 Å². The van der Waals surface area contributed by atoms with Crippen molar-refractivity contribution in [2.24, 2.45) is 5.73 Å². The molecule has 2 N–H and O–H groups in total. The molecule has 19 heavy (non-hydrogen) atoms. The van der Waals surface area contributed by atoms with E-state index in [-0.39, 0.29) is 0 Å². The molecule has 1 saturated carbocycles. The van der Waals surface area contributed by atoms with Crippen LogP contribution in [0.1, 0.15) is 33.5 Å². The Balaban J connectivity index is 1.81. The molecule has 2 aromatic rings. The van der Waals surface area contributed by atoms with Crippen LogP contribution >= 0.6 is 22.7 Å². The molecule has 0 bridgehead atoms. The summed E-state index contributed by atoms with van der Waals surface area (Å²) >= 11 is 3.73. The molecule has 0 aliphatic heterocycles. The van der Waals surface area contributed by atoms with E-state index >= 15 is 0 Å². The highest BCUT2D eigenvalue weighted by atomic mass is 32.1. The first-order valence-electron chi connectivity index (χ1n) is 6.82. The summed E-state index contributed by atoms with van der Waals surface area (Å²) in [7, 11) is 0. The van der Waals surface area contributed by atoms with Crippen LogP contribution in [-0.2, 0) is 6.54 Å². The molecule has 1 unspecified atom stereocenters. The van der Waals surface area contributed by atoms with E-state index in [1.54, 1.807) is 0 Å². The van der Waals surface area contributed by atoms with E-state index in [1.807, 2.05) is 22.7 Å². The third-order valence-corrected chi connectivity index (χ3v) is 5.61. The van der Waals surface area contributed by atoms with Crippen molar-refractivity contribution in [1.29, 1.82) is 0 Å². The van der Waals surface area contributed by atoms with Gasteiger partial charge in [0.15, 0.2) is 0 Å². The molecule has 4 heteroatoms. The van der Waals surface area contributed by atoms with Gasteiger partial charge in [-0.15, -0.1) is 22.7 Å². The minimum atomic E-state index is 0.383. The summed E-state index contributed by atoms with van der Waals surface area (Å²) in [6, 6.07) is 9.94. The van der Waals surface area contributed by atoms with Crippen molar-refractivity contribution in [1.82, 2.24) is 4.90 Å². The number of nitrogens with zero attached hydrogens (tertiary/aromatic N) is 1. The fraction of sp³-hybridized carbons (Fsp3) is 0.467. The monoisotopic (exact) mass is 292 g/mol. The summed E-state index contributed by atoms with van der Waals surface area (Å²) in [4.78, 5) is 6.85. The fourth-order valence-electron chi connectivity index (χ4n) is 2.53. The summed E-state index contributed by atoms with van der Waals surface area (Å²) < 4.78 is 0. The second-order valence-corrected chi connectivity index (χ2v) is 7.53. The summed E-state index contributed by atoms with van der Waals surface area (Å²) in [5.74, 6) is 0. The van der Waals surface area contributed by atoms with E-state index in [0.717, 1.165) is 12.6 Å². The van der Waals surface area contributed by atoms with E-state index in [1.165, 1.54) is 27.5 Å². The summed E-state index contributed by atoms with van der Waals surface area (Å²) in [6.45, 7) is 3.92. The van der Waals surface area contributed by atoms with Crippen LogP contribution in [0, 0.1) is 6.92 Å². The predicted octanol–water partition coefficient (Wildman–Crippen LogP) is 3.78. The van der Waals surface area contributed by atoms with Crippen molar-refractivity contribution in [3.05, 3.63) is 44.3 Å². The van der Waals surface area contributed by atoms with Crippen LogP contribution in [0.15, 0.2) is 29.6 Å². The topological polar surface area (TPSA) is 29.3 Å². The summed E-state index contributed by atoms with van der Waals surface area (Å²) in [5.41, 5.74) is 6.08. The van der Waals surface area contributed by atoms with E-state index in [2.05, 4.69) is 41.5 Å². The zero-order valence-electron chi connectivity index (χ0n) is 11.2. The van der Waals surface area contributed by atoms with E-state index in [4.69, 9.17) is 5.73 Å². The van der Waals surface area contributed by atoms with Gasteiger partial charge in [-0.3, -0.25) is 4.90 Å². The van der Waals surface area contributed by atoms with Gasteiger partial charge in [0, 0.05) is 33.8 Å². The van der Waals surface area contributed by atoms with Crippen LogP contribution < -0.4 is 5.73 Å². The number of hydrogen-bond donors (Lipinski definition) is 1. The Morgan fingerprint density at radius 3 is 2.74 bits per heavy atom. The number of rotatable bonds is 6. The highest BCUT2D eigenvalue weighted by Gasteiger charge is 2.34. The molecular weight excluding hydrogens is 272 g/mol. The Kier molecular flexibility index (Phi) is 4.03. The van der Waals surface area contributed by atoms with Crippen molar-refractivity contribution >= 4 is 22.7 Å². The highest BCUT2D eigenvalue weighted by Crippen LogP contribution is 2.37. The normalized spacial score (nSPS) is 17.0. The third-order valence-electron chi connectivity index (χ3n) is 3.65. The average molecular weight is 292 g/mol. The van der Waals surface area contributed by atoms with Gasteiger partial charge in [-0.2, -0.15) is 0 Å². The maximum Gasteiger partial charge on any atom is 0.0570 e. The third kappa shape index (κ3) is 3.08. The Hall–Kier alpha value is -0.680. The standard InChI is InChI=1S/C15H20N2S2/c1-11-4-7-15(19-11)14(9-16)17(12-5-6-12)10-13-3-2-8-18-13/h2-4,7-8,12,14H,5-6,9-10,16H2,1H3. The molecule has 0 aromatic carbocycles. The Morgan fingerprint density at radius 1 is 1.37 bits per heavy atom. The molecule has 3 rings (SSSR count). The Morgan fingerprint density at radius 2 is 2.21 bits per heavy atom. The maximum absolute atomic E-state index is 6.08. The van der Waals surface area contributed by atoms with Gasteiger partial charge in [0.2, 0.25) is 0 Å². The van der Waals surface area contributed by atoms with Gasteiger partial charge in [0.05, 0.1) is 6.04 Å². The number of nitrogens with two attached hydrogens (primary N) is 1. The van der Waals surface area contributed by atoms with Gasteiger partial charge in [-0.1, -0.05) is 6.07 Å². The second kappa shape index (κ2) is 5.75. The molecule has 0 saturated heterocycles. The van der Waals surface area contributed by atoms with Crippen LogP contribution in [0.2, 0.25) is 0 Å². The molecular formula is C15H20N2S2. The molecule has 0 amide bonds. The van der Waals surface area contributed by atoms with E-state index in [9.17, 15) is 0 Å². The first-order chi connectivity index (χ1) is 9.28. The fourth-order valence-corrected chi connectivity index (χ4v) is 4.25. The van der Waals surface area contributed by atoms with Gasteiger partial charge in [0.1, 0.15) is 0 Å². The zero-order valence-corrected chi connectivity index (χ0v) is 12.8. The van der Waals surface area contributed by atoms with Gasteiger partial charge in [-0.05, 0) is 43.3 Å². The lowest BCUT2D eigenvalue weighted by atomic mass is 10.2. The lowest BCUT2D eigenvalue weighted by Crippen LogP contribution is -2.34. The Labute approximate surface area is 122 Å². The quantitative estimate of drug-likeness (QED) is 0.878. The SMILES string of the molecule is Cc1ccc(C(CN)N(Cc2cccs2)C2CC2)s1. The Bertz CT molecular complexity index is 514. The van der Waals surface area contributed by atoms with Crippen molar-refractivity contribution in [2.45, 2.75) is 38.4 Å². The molecule has 1 aliphatic carbocycles. The minimum Gasteiger partial charge on any atom is -0.329 e. The lowest BCUT2D eigenvalue weighted by Gasteiger charge is -2.30. The molecule has 102 valence electrons. The van der Waals surface area contributed by atoms with Crippen LogP contribution in [0.25, 0.3) is 0 Å². The molecule has 2 aromatic heterocycles. The predicted molar refractivity (Wildman–Crippen MR) is 83.7 cm³/mol. The highest BCUT2D eigenvalue weighted by molar-refractivity contribution is 7.12. The van der Waals surface area contributed by atoms with Gasteiger partial charge >= 0.3 is 0 Å². The zero-order chi connectivity index (χ0) is 13.2. The first-order valence-corrected chi connectivity index (χ1v) is 8.52. The van der Waals surface area contributed by atoms with Gasteiger partial charge in [0.25, 0.3) is 0 Å². The number of aryl methyl sites for hydroxylation is 1. The van der Waals surface area contributed by atoms with E-state index < -0.39 is 0 Å². The molecule has 1 aliphatic rings. The second-order valence-electron chi connectivity index (χ2n) is 5.18. The molecule has 2 heterocycles. The van der Waals surface area contributed by atoms with Crippen molar-refractivity contribution in [3.63, 3.8) is 0 Å². The van der Waals surface area contributed by atoms with Crippen LogP contribution in [0.5, 0.6) is 0 Å². The smallest absolute Gasteiger partial charge is 0.0570 e. The van der Waals surface area contributed by atoms with Gasteiger partial charge in [-0.25, -0.2) is 0 Å². The molecule has 2 nitrogen and oxygen atoms in total. The first kappa shape index (κ1) is 13.3. The van der Waals surface area contributed by atoms with Gasteiger partial charge < -0.3 is 5.73 Å². The number of thiophene rings is 2. The van der Waals surface area contributed by atoms with Crippen molar-refractivity contribution in [2.75, 3.05) is 6.54 Å². The summed E-state index contributed by atoms with van der Waals surface area (Å²) in [6.07, 6.45) is 2.65. The number of hydrogen-bond acceptors (Lipinski definition) is 4. The van der Waals surface area contributed by atoms with Crippen LogP contribution in [0.4, 0.5) is 0 Å². The molecule has 1 atom stereocenters. The molecule has 0 spiro atoms.